The van der Waals surface area contributed by atoms with Crippen molar-refractivity contribution in [1.29, 1.82) is 0 Å². The van der Waals surface area contributed by atoms with Gasteiger partial charge in [-0.25, -0.2) is 0 Å². The van der Waals surface area contributed by atoms with Gasteiger partial charge < -0.3 is 10.2 Å². The molecule has 1 N–H and O–H groups in total. The second-order valence-corrected chi connectivity index (χ2v) is 5.77. The van der Waals surface area contributed by atoms with Crippen LogP contribution in [0.15, 0.2) is 4.99 Å². The van der Waals surface area contributed by atoms with Crippen molar-refractivity contribution in [3.05, 3.63) is 0 Å². The van der Waals surface area contributed by atoms with Gasteiger partial charge in [-0.05, 0) is 26.9 Å². The highest BCUT2D eigenvalue weighted by Gasteiger charge is 2.22. The summed E-state index contributed by atoms with van der Waals surface area (Å²) in [5.41, 5.74) is 0. The molecule has 1 saturated heterocycles. The van der Waals surface area contributed by atoms with Crippen LogP contribution in [0.1, 0.15) is 20.8 Å². The third-order valence-corrected chi connectivity index (χ3v) is 3.94. The van der Waals surface area contributed by atoms with Gasteiger partial charge in [0.25, 0.3) is 0 Å². The number of hydrogen-bond acceptors (Lipinski definition) is 3. The largest absolute Gasteiger partial charge is 0.361 e. The first-order valence-corrected chi connectivity index (χ1v) is 6.59. The van der Waals surface area contributed by atoms with Crippen LogP contribution in [-0.4, -0.2) is 48.5 Å². The van der Waals surface area contributed by atoms with Gasteiger partial charge in [0, 0.05) is 17.8 Å². The first kappa shape index (κ1) is 12.8. The lowest BCUT2D eigenvalue weighted by Crippen LogP contribution is -2.33. The van der Waals surface area contributed by atoms with Gasteiger partial charge in [0.15, 0.2) is 5.17 Å². The van der Waals surface area contributed by atoms with E-state index >= 15 is 0 Å². The maximum absolute atomic E-state index is 4.60. The summed E-state index contributed by atoms with van der Waals surface area (Å²) in [7, 11) is 4.19. The molecular formula is C11H23N3S. The van der Waals surface area contributed by atoms with Gasteiger partial charge in [-0.2, -0.15) is 0 Å². The summed E-state index contributed by atoms with van der Waals surface area (Å²) < 4.78 is 0. The van der Waals surface area contributed by atoms with Gasteiger partial charge >= 0.3 is 0 Å². The molecule has 0 aliphatic carbocycles. The van der Waals surface area contributed by atoms with E-state index in [9.17, 15) is 0 Å². The van der Waals surface area contributed by atoms with Gasteiger partial charge in [-0.15, -0.1) is 0 Å². The van der Waals surface area contributed by atoms with Crippen molar-refractivity contribution in [2.45, 2.75) is 32.9 Å². The number of nitrogens with zero attached hydrogens (tertiary/aromatic N) is 2. The molecule has 0 aromatic carbocycles. The minimum Gasteiger partial charge on any atom is -0.361 e. The summed E-state index contributed by atoms with van der Waals surface area (Å²) in [6.45, 7) is 7.59. The van der Waals surface area contributed by atoms with Gasteiger partial charge in [0.1, 0.15) is 0 Å². The molecule has 15 heavy (non-hydrogen) atoms. The maximum Gasteiger partial charge on any atom is 0.156 e. The van der Waals surface area contributed by atoms with Crippen LogP contribution in [0.5, 0.6) is 0 Å². The van der Waals surface area contributed by atoms with Gasteiger partial charge in [-0.1, -0.05) is 25.6 Å². The zero-order valence-corrected chi connectivity index (χ0v) is 11.3. The van der Waals surface area contributed by atoms with E-state index in [2.05, 4.69) is 50.1 Å². The predicted octanol–water partition coefficient (Wildman–Crippen LogP) is 1.65. The first-order valence-electron chi connectivity index (χ1n) is 5.61. The van der Waals surface area contributed by atoms with Crippen LogP contribution in [-0.2, 0) is 0 Å². The van der Waals surface area contributed by atoms with E-state index in [4.69, 9.17) is 0 Å². The monoisotopic (exact) mass is 229 g/mol. The second kappa shape index (κ2) is 5.75. The smallest absolute Gasteiger partial charge is 0.156 e. The zero-order chi connectivity index (χ0) is 11.4. The molecule has 1 aliphatic heterocycles. The van der Waals surface area contributed by atoms with Crippen molar-refractivity contribution < 1.29 is 0 Å². The minimum absolute atomic E-state index is 0.512. The fourth-order valence-electron chi connectivity index (χ4n) is 1.24. The van der Waals surface area contributed by atoms with Crippen LogP contribution in [0.3, 0.4) is 0 Å². The van der Waals surface area contributed by atoms with Crippen molar-refractivity contribution in [2.75, 3.05) is 26.4 Å². The Morgan fingerprint density at radius 3 is 2.60 bits per heavy atom. The van der Waals surface area contributed by atoms with E-state index in [1.165, 1.54) is 0 Å². The van der Waals surface area contributed by atoms with E-state index in [0.717, 1.165) is 17.5 Å². The number of nitrogens with one attached hydrogen (secondary N) is 1. The molecule has 1 heterocycles. The van der Waals surface area contributed by atoms with Crippen molar-refractivity contribution in [3.8, 4) is 0 Å². The maximum atomic E-state index is 4.60. The van der Waals surface area contributed by atoms with E-state index in [-0.39, 0.29) is 0 Å². The Balaban J connectivity index is 2.37. The van der Waals surface area contributed by atoms with Gasteiger partial charge in [-0.3, -0.25) is 4.99 Å². The summed E-state index contributed by atoms with van der Waals surface area (Å²) in [4.78, 5) is 6.80. The summed E-state index contributed by atoms with van der Waals surface area (Å²) in [6, 6.07) is 1.11. The number of hydrogen-bond donors (Lipinski definition) is 1. The highest BCUT2D eigenvalue weighted by Crippen LogP contribution is 2.18. The number of thioether (sulfide) groups is 1. The molecule has 0 bridgehead atoms. The highest BCUT2D eigenvalue weighted by molar-refractivity contribution is 8.14. The Morgan fingerprint density at radius 1 is 1.47 bits per heavy atom. The Bertz CT molecular complexity index is 226. The second-order valence-electron chi connectivity index (χ2n) is 4.76. The van der Waals surface area contributed by atoms with E-state index in [0.29, 0.717) is 18.0 Å². The summed E-state index contributed by atoms with van der Waals surface area (Å²) >= 11 is 1.85. The van der Waals surface area contributed by atoms with Crippen LogP contribution in [0.2, 0.25) is 0 Å². The molecule has 0 amide bonds. The average Bonchev–Trinajstić information content (AvgIpc) is 2.62. The SMILES string of the molecule is CC(C)C1CSC(=NCC(C)N(C)C)N1. The van der Waals surface area contributed by atoms with Crippen molar-refractivity contribution >= 4 is 16.9 Å². The number of rotatable bonds is 4. The quantitative estimate of drug-likeness (QED) is 0.794. The van der Waals surface area contributed by atoms with E-state index in [1.807, 2.05) is 11.8 Å². The van der Waals surface area contributed by atoms with Crippen LogP contribution >= 0.6 is 11.8 Å². The fourth-order valence-corrected chi connectivity index (χ4v) is 2.45. The van der Waals surface area contributed by atoms with Crippen molar-refractivity contribution in [2.24, 2.45) is 10.9 Å². The molecular weight excluding hydrogens is 206 g/mol. The molecule has 0 spiro atoms. The lowest BCUT2D eigenvalue weighted by molar-refractivity contribution is 0.321. The highest BCUT2D eigenvalue weighted by atomic mass is 32.2. The Labute approximate surface area is 97.7 Å². The van der Waals surface area contributed by atoms with E-state index in [1.54, 1.807) is 0 Å². The molecule has 1 fully saturated rings. The van der Waals surface area contributed by atoms with E-state index < -0.39 is 0 Å². The first-order chi connectivity index (χ1) is 7.00. The summed E-state index contributed by atoms with van der Waals surface area (Å²) in [6.07, 6.45) is 0. The van der Waals surface area contributed by atoms with Crippen molar-refractivity contribution in [3.63, 3.8) is 0 Å². The molecule has 1 aliphatic rings. The molecule has 1 rings (SSSR count). The molecule has 0 saturated carbocycles. The summed E-state index contributed by atoms with van der Waals surface area (Å²) in [5.74, 6) is 1.85. The minimum atomic E-state index is 0.512. The standard InChI is InChI=1S/C11H23N3S/c1-8(2)10-7-15-11(13-10)12-6-9(3)14(4)5/h8-10H,6-7H2,1-5H3,(H,12,13). The van der Waals surface area contributed by atoms with Gasteiger partial charge in [0.2, 0.25) is 0 Å². The van der Waals surface area contributed by atoms with Gasteiger partial charge in [0.05, 0.1) is 6.54 Å². The lowest BCUT2D eigenvalue weighted by Gasteiger charge is -2.17. The van der Waals surface area contributed by atoms with Crippen LogP contribution < -0.4 is 5.32 Å². The molecule has 0 aromatic heterocycles. The average molecular weight is 229 g/mol. The topological polar surface area (TPSA) is 27.6 Å². The fraction of sp³-hybridized carbons (Fsp3) is 0.909. The molecule has 3 nitrogen and oxygen atoms in total. The normalized spacial score (nSPS) is 26.3. The summed E-state index contributed by atoms with van der Waals surface area (Å²) in [5, 5.41) is 4.61. The lowest BCUT2D eigenvalue weighted by atomic mass is 10.1. The Morgan fingerprint density at radius 2 is 2.13 bits per heavy atom. The number of likely N-dealkylation sites (N-methyl/N-ethyl adjacent to an activating group) is 1. The molecule has 88 valence electrons. The number of aliphatic imine (C=N–C) groups is 1. The Hall–Kier alpha value is -0.220. The molecule has 2 unspecified atom stereocenters. The molecule has 2 atom stereocenters. The van der Waals surface area contributed by atoms with Crippen molar-refractivity contribution in [1.82, 2.24) is 10.2 Å². The molecule has 0 aromatic rings. The molecule has 0 radical (unpaired) electrons. The van der Waals surface area contributed by atoms with Crippen LogP contribution in [0, 0.1) is 5.92 Å². The predicted molar refractivity (Wildman–Crippen MR) is 69.7 cm³/mol. The third kappa shape index (κ3) is 4.03. The van der Waals surface area contributed by atoms with Crippen LogP contribution in [0.4, 0.5) is 0 Å². The molecule has 4 heteroatoms. The van der Waals surface area contributed by atoms with Crippen LogP contribution in [0.25, 0.3) is 0 Å². The Kier molecular flexibility index (Phi) is 4.93. The zero-order valence-electron chi connectivity index (χ0n) is 10.4. The third-order valence-electron chi connectivity index (χ3n) is 2.89. The number of amidine groups is 1.